The normalized spacial score (nSPS) is 14.8. The summed E-state index contributed by atoms with van der Waals surface area (Å²) >= 11 is 0. The fraction of sp³-hybridized carbons (Fsp3) is 0.283. The zero-order chi connectivity index (χ0) is 37.9. The van der Waals surface area contributed by atoms with E-state index in [1.54, 1.807) is 0 Å². The van der Waals surface area contributed by atoms with Crippen LogP contribution < -0.4 is 15.5 Å². The van der Waals surface area contributed by atoms with E-state index in [0.717, 1.165) is 58.2 Å². The van der Waals surface area contributed by atoms with Crippen molar-refractivity contribution in [3.63, 3.8) is 0 Å². The van der Waals surface area contributed by atoms with Crippen molar-refractivity contribution in [2.45, 2.75) is 63.8 Å². The highest BCUT2D eigenvalue weighted by molar-refractivity contribution is 5.83. The van der Waals surface area contributed by atoms with Crippen LogP contribution in [0.4, 0.5) is 4.79 Å². The molecule has 0 aromatic heterocycles. The molecule has 0 aliphatic heterocycles. The van der Waals surface area contributed by atoms with Gasteiger partial charge in [0, 0.05) is 18.9 Å². The maximum absolute atomic E-state index is 14.0. The molecule has 5 aromatic rings. The minimum atomic E-state index is -1.13. The molecule has 2 amide bonds. The predicted molar refractivity (Wildman–Crippen MR) is 209 cm³/mol. The summed E-state index contributed by atoms with van der Waals surface area (Å²) in [4.78, 5) is 46.5. The number of esters is 1. The lowest BCUT2D eigenvalue weighted by Crippen LogP contribution is -2.51. The molecule has 5 aromatic carbocycles. The van der Waals surface area contributed by atoms with Crippen LogP contribution in [-0.4, -0.2) is 37.2 Å². The number of fused-ring (bicyclic) bond motifs is 3. The number of hydroxylamine groups is 1. The average Bonchev–Trinajstić information content (AvgIpc) is 3.56. The summed E-state index contributed by atoms with van der Waals surface area (Å²) in [6, 6.07) is 43.0. The Balaban J connectivity index is 0.976. The van der Waals surface area contributed by atoms with Gasteiger partial charge in [0.15, 0.2) is 6.10 Å². The van der Waals surface area contributed by atoms with Crippen molar-refractivity contribution in [1.82, 2.24) is 10.8 Å². The van der Waals surface area contributed by atoms with E-state index in [9.17, 15) is 14.4 Å². The number of benzene rings is 5. The molecule has 0 unspecified atom stereocenters. The molecule has 9 nitrogen and oxygen atoms in total. The summed E-state index contributed by atoms with van der Waals surface area (Å²) in [5, 5.41) is 2.88. The predicted octanol–water partition coefficient (Wildman–Crippen LogP) is 8.46. The molecule has 9 heteroatoms. The number of alkyl carbamates (subject to hydrolysis) is 1. The van der Waals surface area contributed by atoms with Crippen LogP contribution >= 0.6 is 0 Å². The number of carbonyl (C=O) groups is 3. The molecule has 55 heavy (non-hydrogen) atoms. The lowest BCUT2D eigenvalue weighted by atomic mass is 9.73. The summed E-state index contributed by atoms with van der Waals surface area (Å²) in [6.45, 7) is 0.747. The van der Waals surface area contributed by atoms with Gasteiger partial charge < -0.3 is 19.5 Å². The minimum absolute atomic E-state index is 0.0632. The number of carbonyl (C=O) groups excluding carboxylic acids is 3. The molecule has 1 fully saturated rings. The second-order valence-corrected chi connectivity index (χ2v) is 14.3. The topological polar surface area (TPSA) is 112 Å². The van der Waals surface area contributed by atoms with Crippen molar-refractivity contribution in [3.05, 3.63) is 161 Å². The molecule has 2 N–H and O–H groups in total. The molecule has 282 valence electrons. The van der Waals surface area contributed by atoms with Crippen molar-refractivity contribution in [3.8, 4) is 16.9 Å². The number of nitrogens with one attached hydrogen (secondary N) is 2. The van der Waals surface area contributed by atoms with Crippen LogP contribution in [0.15, 0.2) is 133 Å². The third-order valence-electron chi connectivity index (χ3n) is 10.6. The summed E-state index contributed by atoms with van der Waals surface area (Å²) in [7, 11) is 0. The van der Waals surface area contributed by atoms with Crippen LogP contribution in [0.3, 0.4) is 0 Å². The van der Waals surface area contributed by atoms with Crippen LogP contribution in [0.1, 0.15) is 65.8 Å². The smallest absolute Gasteiger partial charge is 0.407 e. The summed E-state index contributed by atoms with van der Waals surface area (Å²) in [6.07, 6.45) is 2.18. The lowest BCUT2D eigenvalue weighted by molar-refractivity contribution is -0.170. The van der Waals surface area contributed by atoms with E-state index in [2.05, 4.69) is 35.1 Å². The molecule has 1 saturated carbocycles. The molecule has 0 radical (unpaired) electrons. The molecule has 2 aliphatic carbocycles. The zero-order valence-electron chi connectivity index (χ0n) is 30.8. The van der Waals surface area contributed by atoms with E-state index in [4.69, 9.17) is 19.0 Å². The molecular weight excluding hydrogens is 693 g/mol. The fourth-order valence-electron chi connectivity index (χ4n) is 7.51. The van der Waals surface area contributed by atoms with Crippen LogP contribution in [0, 0.1) is 5.41 Å². The van der Waals surface area contributed by atoms with Crippen LogP contribution in [0.5, 0.6) is 5.75 Å². The zero-order valence-corrected chi connectivity index (χ0v) is 30.8. The van der Waals surface area contributed by atoms with Gasteiger partial charge in [-0.1, -0.05) is 141 Å². The number of ether oxygens (including phenoxy) is 3. The van der Waals surface area contributed by atoms with Crippen LogP contribution in [-0.2, 0) is 43.5 Å². The van der Waals surface area contributed by atoms with E-state index in [-0.39, 0.29) is 32.1 Å². The highest BCUT2D eigenvalue weighted by atomic mass is 16.7. The first-order chi connectivity index (χ1) is 27.0. The van der Waals surface area contributed by atoms with Crippen LogP contribution in [0.25, 0.3) is 11.1 Å². The van der Waals surface area contributed by atoms with Gasteiger partial charge in [-0.05, 0) is 63.9 Å². The minimum Gasteiger partial charge on any atom is -0.489 e. The van der Waals surface area contributed by atoms with E-state index in [1.807, 2.05) is 109 Å². The highest BCUT2D eigenvalue weighted by Crippen LogP contribution is 2.44. The first-order valence-electron chi connectivity index (χ1n) is 19.0. The number of amides is 2. The molecule has 0 bridgehead atoms. The summed E-state index contributed by atoms with van der Waals surface area (Å²) < 4.78 is 17.4. The second kappa shape index (κ2) is 17.9. The van der Waals surface area contributed by atoms with Gasteiger partial charge in [0.25, 0.3) is 5.91 Å². The Morgan fingerprint density at radius 2 is 1.22 bits per heavy atom. The van der Waals surface area contributed by atoms with Crippen molar-refractivity contribution in [2.24, 2.45) is 5.41 Å². The van der Waals surface area contributed by atoms with E-state index in [1.165, 1.54) is 0 Å². The number of hydrogen-bond donors (Lipinski definition) is 2. The third kappa shape index (κ3) is 9.42. The largest absolute Gasteiger partial charge is 0.489 e. The molecule has 0 saturated heterocycles. The van der Waals surface area contributed by atoms with Gasteiger partial charge in [0.2, 0.25) is 0 Å². The first kappa shape index (κ1) is 37.4. The second-order valence-electron chi connectivity index (χ2n) is 14.3. The van der Waals surface area contributed by atoms with Gasteiger partial charge >= 0.3 is 12.1 Å². The molecular formula is C46H46N2O7. The van der Waals surface area contributed by atoms with Crippen molar-refractivity contribution in [1.29, 1.82) is 0 Å². The molecule has 0 spiro atoms. The van der Waals surface area contributed by atoms with Gasteiger partial charge in [-0.25, -0.2) is 15.1 Å². The standard InChI is InChI=1S/C46H46N2O7/c49-43(53-30-35-16-6-2-7-17-35)42(28-33-22-24-36(25-23-33)52-29-34-14-4-1-5-15-34)55-48-44(50)46(26-12-3-13-27-46)32-47-45(51)54-31-41-39-20-10-8-18-37(39)38-19-9-11-21-40(38)41/h1-2,4-11,14-25,41-42H,3,12-13,26-32H2,(H,47,51)(H,48,50)/t42-/m0/s1. The Kier molecular flexibility index (Phi) is 12.2. The third-order valence-corrected chi connectivity index (χ3v) is 10.6. The summed E-state index contributed by atoms with van der Waals surface area (Å²) in [5.74, 6) is -0.386. The van der Waals surface area contributed by atoms with Gasteiger partial charge in [0.05, 0.1) is 5.41 Å². The first-order valence-corrected chi connectivity index (χ1v) is 19.0. The Morgan fingerprint density at radius 1 is 0.636 bits per heavy atom. The molecule has 0 heterocycles. The van der Waals surface area contributed by atoms with Crippen molar-refractivity contribution in [2.75, 3.05) is 13.2 Å². The van der Waals surface area contributed by atoms with Crippen LogP contribution in [0.2, 0.25) is 0 Å². The maximum atomic E-state index is 14.0. The summed E-state index contributed by atoms with van der Waals surface area (Å²) in [5.41, 5.74) is 8.92. The Hall–Kier alpha value is -5.93. The average molecular weight is 739 g/mol. The SMILES string of the molecule is O=C(NCC1(C(=O)NO[C@@H](Cc2ccc(OCc3ccccc3)cc2)C(=O)OCc2ccccc2)CCCCC1)OCC1c2ccccc2-c2ccccc21. The van der Waals surface area contributed by atoms with Gasteiger partial charge in [0.1, 0.15) is 25.6 Å². The van der Waals surface area contributed by atoms with Gasteiger partial charge in [-0.3, -0.25) is 9.63 Å². The quantitative estimate of drug-likeness (QED) is 0.0819. The van der Waals surface area contributed by atoms with E-state index >= 15 is 0 Å². The van der Waals surface area contributed by atoms with Crippen molar-refractivity contribution >= 4 is 18.0 Å². The van der Waals surface area contributed by atoms with Crippen molar-refractivity contribution < 1.29 is 33.4 Å². The van der Waals surface area contributed by atoms with Gasteiger partial charge in [-0.15, -0.1) is 0 Å². The lowest BCUT2D eigenvalue weighted by Gasteiger charge is -2.35. The Bertz CT molecular complexity index is 2000. The number of hydrogen-bond acceptors (Lipinski definition) is 7. The number of rotatable bonds is 15. The highest BCUT2D eigenvalue weighted by Gasteiger charge is 2.41. The molecule has 1 atom stereocenters. The fourth-order valence-corrected chi connectivity index (χ4v) is 7.51. The Labute approximate surface area is 321 Å². The monoisotopic (exact) mass is 738 g/mol. The molecule has 7 rings (SSSR count). The van der Waals surface area contributed by atoms with E-state index < -0.39 is 29.5 Å². The molecule has 2 aliphatic rings. The maximum Gasteiger partial charge on any atom is 0.407 e. The van der Waals surface area contributed by atoms with E-state index in [0.29, 0.717) is 25.2 Å². The Morgan fingerprint density at radius 3 is 1.85 bits per heavy atom. The van der Waals surface area contributed by atoms with Gasteiger partial charge in [-0.2, -0.15) is 0 Å².